The maximum Gasteiger partial charge on any atom is 0.321 e. The number of H-pyrrole nitrogens is 1. The zero-order valence-electron chi connectivity index (χ0n) is 19.4. The highest BCUT2D eigenvalue weighted by molar-refractivity contribution is 5.92. The molecule has 0 spiro atoms. The van der Waals surface area contributed by atoms with Crippen LogP contribution in [-0.2, 0) is 6.54 Å². The normalized spacial score (nSPS) is 14.6. The number of para-hydroxylation sites is 2. The lowest BCUT2D eigenvalue weighted by molar-refractivity contribution is 0.196. The van der Waals surface area contributed by atoms with Crippen LogP contribution in [0.4, 0.5) is 10.5 Å². The van der Waals surface area contributed by atoms with E-state index in [-0.39, 0.29) is 12.1 Å². The molecule has 0 radical (unpaired) electrons. The maximum absolute atomic E-state index is 12.6. The molecule has 1 fully saturated rings. The number of aromatic amines is 1. The molecule has 1 aliphatic rings. The lowest BCUT2D eigenvalue weighted by Gasteiger charge is -2.38. The van der Waals surface area contributed by atoms with Crippen molar-refractivity contribution < 1.29 is 14.3 Å². The van der Waals surface area contributed by atoms with Crippen LogP contribution in [0, 0.1) is 0 Å². The van der Waals surface area contributed by atoms with Gasteiger partial charge < -0.3 is 19.8 Å². The van der Waals surface area contributed by atoms with E-state index in [9.17, 15) is 4.79 Å². The van der Waals surface area contributed by atoms with Gasteiger partial charge in [0.25, 0.3) is 0 Å². The molecule has 4 rings (SSSR count). The second kappa shape index (κ2) is 10.4. The molecule has 33 heavy (non-hydrogen) atoms. The van der Waals surface area contributed by atoms with Crippen molar-refractivity contribution in [1.29, 1.82) is 0 Å². The van der Waals surface area contributed by atoms with E-state index in [2.05, 4.69) is 20.2 Å². The first-order valence-corrected chi connectivity index (χ1v) is 11.2. The second-order valence-electron chi connectivity index (χ2n) is 8.07. The highest BCUT2D eigenvalue weighted by Gasteiger charge is 2.29. The van der Waals surface area contributed by atoms with Gasteiger partial charge in [0, 0.05) is 50.3 Å². The van der Waals surface area contributed by atoms with Gasteiger partial charge >= 0.3 is 6.03 Å². The van der Waals surface area contributed by atoms with Crippen LogP contribution in [0.25, 0.3) is 11.4 Å². The Morgan fingerprint density at radius 2 is 1.88 bits per heavy atom. The van der Waals surface area contributed by atoms with Crippen LogP contribution < -0.4 is 19.7 Å². The van der Waals surface area contributed by atoms with E-state index in [1.165, 1.54) is 0 Å². The molecule has 1 aromatic heterocycles. The number of methoxy groups -OCH3 is 2. The molecule has 2 heterocycles. The monoisotopic (exact) mass is 449 g/mol. The number of rotatable bonds is 7. The van der Waals surface area contributed by atoms with E-state index in [0.717, 1.165) is 55.2 Å². The van der Waals surface area contributed by atoms with E-state index < -0.39 is 0 Å². The number of hydrogen-bond donors (Lipinski definition) is 2. The minimum atomic E-state index is -0.0647. The first kappa shape index (κ1) is 22.7. The molecule has 2 N–H and O–H groups in total. The fourth-order valence-electron chi connectivity index (χ4n) is 4.43. The Morgan fingerprint density at radius 3 is 2.55 bits per heavy atom. The molecule has 174 valence electrons. The maximum atomic E-state index is 12.6. The highest BCUT2D eigenvalue weighted by atomic mass is 16.5. The molecule has 8 nitrogen and oxygen atoms in total. The Bertz CT molecular complexity index is 1060. The van der Waals surface area contributed by atoms with Gasteiger partial charge in [-0.3, -0.25) is 9.80 Å². The van der Waals surface area contributed by atoms with Gasteiger partial charge in [0.15, 0.2) is 11.5 Å². The fraction of sp³-hybridized carbons (Fsp3) is 0.360. The smallest absolute Gasteiger partial charge is 0.321 e. The van der Waals surface area contributed by atoms with Gasteiger partial charge in [-0.1, -0.05) is 24.3 Å². The number of benzene rings is 2. The number of anilines is 1. The summed E-state index contributed by atoms with van der Waals surface area (Å²) in [5, 5.41) is 2.79. The van der Waals surface area contributed by atoms with Gasteiger partial charge in [0.1, 0.15) is 5.82 Å². The number of carbonyl (C=O) groups excluding carboxylic acids is 1. The summed E-state index contributed by atoms with van der Waals surface area (Å²) < 4.78 is 11.0. The molecule has 0 saturated carbocycles. The zero-order valence-corrected chi connectivity index (χ0v) is 19.4. The number of carbonyl (C=O) groups is 1. The predicted octanol–water partition coefficient (Wildman–Crippen LogP) is 3.90. The molecule has 0 bridgehead atoms. The molecule has 8 heteroatoms. The molecule has 0 atom stereocenters. The molecule has 1 aliphatic heterocycles. The minimum Gasteiger partial charge on any atom is -0.493 e. The molecule has 1 saturated heterocycles. The van der Waals surface area contributed by atoms with Gasteiger partial charge in [-0.25, -0.2) is 9.78 Å². The zero-order chi connectivity index (χ0) is 23.2. The number of nitrogens with zero attached hydrogens (tertiary/aromatic N) is 3. The highest BCUT2D eigenvalue weighted by Crippen LogP contribution is 2.36. The summed E-state index contributed by atoms with van der Waals surface area (Å²) in [7, 11) is 4.94. The quantitative estimate of drug-likeness (QED) is 0.572. The molecular formula is C25H31N5O3. The van der Waals surface area contributed by atoms with Crippen LogP contribution in [-0.4, -0.2) is 61.3 Å². The molecule has 0 unspecified atom stereocenters. The number of likely N-dealkylation sites (tertiary alicyclic amines) is 1. The van der Waals surface area contributed by atoms with Crippen molar-refractivity contribution in [2.45, 2.75) is 25.4 Å². The summed E-state index contributed by atoms with van der Waals surface area (Å²) in [6.07, 6.45) is 3.70. The number of nitrogens with one attached hydrogen (secondary N) is 2. The number of hydrogen-bond acceptors (Lipinski definition) is 5. The molecule has 2 amide bonds. The van der Waals surface area contributed by atoms with Crippen molar-refractivity contribution in [1.82, 2.24) is 20.2 Å². The number of urea groups is 1. The van der Waals surface area contributed by atoms with E-state index in [1.54, 1.807) is 21.3 Å². The second-order valence-corrected chi connectivity index (χ2v) is 8.07. The van der Waals surface area contributed by atoms with Gasteiger partial charge in [-0.05, 0) is 37.1 Å². The van der Waals surface area contributed by atoms with E-state index in [1.807, 2.05) is 59.6 Å². The van der Waals surface area contributed by atoms with E-state index in [4.69, 9.17) is 9.47 Å². The third kappa shape index (κ3) is 4.96. The average molecular weight is 450 g/mol. The number of amides is 2. The Hall–Kier alpha value is -3.52. The third-order valence-electron chi connectivity index (χ3n) is 6.07. The molecule has 3 aromatic rings. The van der Waals surface area contributed by atoms with E-state index in [0.29, 0.717) is 11.5 Å². The number of imidazole rings is 1. The standard InChI is InChI=1S/C25H31N5O3/c1-26-25(31)30(19-8-5-4-6-9-19)20-12-14-29(15-13-20)17-18-16-27-24(28-18)21-10-7-11-22(32-2)23(21)33-3/h4-11,16,20H,12-15,17H2,1-3H3,(H,26,31)(H,27,28). The average Bonchev–Trinajstić information content (AvgIpc) is 3.33. The van der Waals surface area contributed by atoms with Crippen LogP contribution in [0.2, 0.25) is 0 Å². The summed E-state index contributed by atoms with van der Waals surface area (Å²) in [5.41, 5.74) is 2.84. The van der Waals surface area contributed by atoms with Crippen molar-refractivity contribution in [3.8, 4) is 22.9 Å². The van der Waals surface area contributed by atoms with Crippen molar-refractivity contribution in [2.24, 2.45) is 0 Å². The van der Waals surface area contributed by atoms with Crippen LogP contribution in [0.15, 0.2) is 54.7 Å². The first-order valence-electron chi connectivity index (χ1n) is 11.2. The van der Waals surface area contributed by atoms with Crippen LogP contribution in [0.1, 0.15) is 18.5 Å². The van der Waals surface area contributed by atoms with Crippen molar-refractivity contribution >= 4 is 11.7 Å². The molecule has 2 aromatic carbocycles. The number of ether oxygens (including phenoxy) is 2. The summed E-state index contributed by atoms with van der Waals surface area (Å²) >= 11 is 0. The summed E-state index contributed by atoms with van der Waals surface area (Å²) in [5.74, 6) is 2.09. The van der Waals surface area contributed by atoms with Gasteiger partial charge in [-0.15, -0.1) is 0 Å². The lowest BCUT2D eigenvalue weighted by Crippen LogP contribution is -2.50. The van der Waals surface area contributed by atoms with Gasteiger partial charge in [0.05, 0.1) is 19.8 Å². The Labute approximate surface area is 194 Å². The summed E-state index contributed by atoms with van der Waals surface area (Å²) in [6.45, 7) is 2.58. The topological polar surface area (TPSA) is 82.7 Å². The fourth-order valence-corrected chi connectivity index (χ4v) is 4.43. The summed E-state index contributed by atoms with van der Waals surface area (Å²) in [4.78, 5) is 24.9. The van der Waals surface area contributed by atoms with Crippen LogP contribution >= 0.6 is 0 Å². The predicted molar refractivity (Wildman–Crippen MR) is 129 cm³/mol. The minimum absolute atomic E-state index is 0.0647. The van der Waals surface area contributed by atoms with Crippen molar-refractivity contribution in [3.63, 3.8) is 0 Å². The Kier molecular flexibility index (Phi) is 7.14. The van der Waals surface area contributed by atoms with Gasteiger partial charge in [-0.2, -0.15) is 0 Å². The Balaban J connectivity index is 1.41. The van der Waals surface area contributed by atoms with Crippen LogP contribution in [0.3, 0.4) is 0 Å². The first-order chi connectivity index (χ1) is 16.1. The van der Waals surface area contributed by atoms with E-state index >= 15 is 0 Å². The molecule has 0 aliphatic carbocycles. The van der Waals surface area contributed by atoms with Gasteiger partial charge in [0.2, 0.25) is 0 Å². The Morgan fingerprint density at radius 1 is 1.12 bits per heavy atom. The van der Waals surface area contributed by atoms with Crippen molar-refractivity contribution in [2.75, 3.05) is 39.3 Å². The lowest BCUT2D eigenvalue weighted by atomic mass is 10.0. The van der Waals surface area contributed by atoms with Crippen LogP contribution in [0.5, 0.6) is 11.5 Å². The number of piperidine rings is 1. The SMILES string of the molecule is CNC(=O)N(c1ccccc1)C1CCN(Cc2cnc(-c3cccc(OC)c3OC)[nH]2)CC1. The largest absolute Gasteiger partial charge is 0.493 e. The summed E-state index contributed by atoms with van der Waals surface area (Å²) in [6, 6.07) is 15.7. The van der Waals surface area contributed by atoms with Crippen molar-refractivity contribution in [3.05, 3.63) is 60.4 Å². The third-order valence-corrected chi connectivity index (χ3v) is 6.07. The number of aromatic nitrogens is 2. The molecular weight excluding hydrogens is 418 g/mol.